The second-order valence-electron chi connectivity index (χ2n) is 6.09. The van der Waals surface area contributed by atoms with Crippen molar-refractivity contribution in [2.24, 2.45) is 0 Å². The fourth-order valence-corrected chi connectivity index (χ4v) is 2.95. The van der Waals surface area contributed by atoms with Crippen molar-refractivity contribution in [3.63, 3.8) is 0 Å². The SMILES string of the molecule is CCOc1ccnc(N2CCCN(CCOc3ccccc3F)CC2)n1. The molecule has 140 valence electrons. The second-order valence-corrected chi connectivity index (χ2v) is 6.09. The number of anilines is 1. The average Bonchev–Trinajstić information content (AvgIpc) is 2.90. The van der Waals surface area contributed by atoms with Gasteiger partial charge in [-0.2, -0.15) is 4.98 Å². The van der Waals surface area contributed by atoms with Crippen LogP contribution < -0.4 is 14.4 Å². The van der Waals surface area contributed by atoms with Gasteiger partial charge in [-0.1, -0.05) is 12.1 Å². The first-order chi connectivity index (χ1) is 12.8. The van der Waals surface area contributed by atoms with Crippen LogP contribution in [-0.2, 0) is 0 Å². The van der Waals surface area contributed by atoms with E-state index in [2.05, 4.69) is 19.8 Å². The van der Waals surface area contributed by atoms with Gasteiger partial charge < -0.3 is 14.4 Å². The van der Waals surface area contributed by atoms with Crippen LogP contribution in [0.4, 0.5) is 10.3 Å². The zero-order chi connectivity index (χ0) is 18.2. The maximum atomic E-state index is 13.6. The molecule has 1 aliphatic heterocycles. The molecule has 0 unspecified atom stereocenters. The van der Waals surface area contributed by atoms with Gasteiger partial charge in [-0.05, 0) is 25.5 Å². The smallest absolute Gasteiger partial charge is 0.228 e. The zero-order valence-corrected chi connectivity index (χ0v) is 15.1. The summed E-state index contributed by atoms with van der Waals surface area (Å²) in [4.78, 5) is 13.4. The van der Waals surface area contributed by atoms with E-state index in [4.69, 9.17) is 9.47 Å². The van der Waals surface area contributed by atoms with Gasteiger partial charge >= 0.3 is 0 Å². The van der Waals surface area contributed by atoms with Crippen molar-refractivity contribution in [1.29, 1.82) is 0 Å². The van der Waals surface area contributed by atoms with Crippen LogP contribution in [-0.4, -0.2) is 60.8 Å². The molecule has 0 atom stereocenters. The molecule has 26 heavy (non-hydrogen) atoms. The minimum Gasteiger partial charge on any atom is -0.489 e. The molecule has 2 aromatic rings. The molecule has 0 N–H and O–H groups in total. The average molecular weight is 360 g/mol. The van der Waals surface area contributed by atoms with Crippen molar-refractivity contribution in [3.05, 3.63) is 42.3 Å². The maximum Gasteiger partial charge on any atom is 0.228 e. The fraction of sp³-hybridized carbons (Fsp3) is 0.474. The summed E-state index contributed by atoms with van der Waals surface area (Å²) < 4.78 is 24.6. The molecule has 0 radical (unpaired) electrons. The molecule has 3 rings (SSSR count). The second kappa shape index (κ2) is 9.33. The highest BCUT2D eigenvalue weighted by molar-refractivity contribution is 5.32. The van der Waals surface area contributed by atoms with Gasteiger partial charge in [-0.3, -0.25) is 4.90 Å². The van der Waals surface area contributed by atoms with Gasteiger partial charge in [-0.25, -0.2) is 9.37 Å². The van der Waals surface area contributed by atoms with Crippen molar-refractivity contribution >= 4 is 5.95 Å². The molecule has 6 nitrogen and oxygen atoms in total. The van der Waals surface area contributed by atoms with E-state index in [1.807, 2.05) is 6.92 Å². The lowest BCUT2D eigenvalue weighted by Gasteiger charge is -2.22. The van der Waals surface area contributed by atoms with E-state index in [1.54, 1.807) is 30.5 Å². The molecular weight excluding hydrogens is 335 g/mol. The maximum absolute atomic E-state index is 13.6. The summed E-state index contributed by atoms with van der Waals surface area (Å²) in [6.07, 6.45) is 2.75. The van der Waals surface area contributed by atoms with Gasteiger partial charge in [0.05, 0.1) is 6.61 Å². The Hall–Kier alpha value is -2.41. The van der Waals surface area contributed by atoms with Gasteiger partial charge in [-0.15, -0.1) is 0 Å². The number of ether oxygens (including phenoxy) is 2. The molecule has 0 spiro atoms. The minimum absolute atomic E-state index is 0.310. The quantitative estimate of drug-likeness (QED) is 0.757. The molecule has 1 aliphatic rings. The molecule has 0 saturated carbocycles. The Labute approximate surface area is 153 Å². The number of halogens is 1. The van der Waals surface area contributed by atoms with E-state index in [1.165, 1.54) is 6.07 Å². The van der Waals surface area contributed by atoms with E-state index in [9.17, 15) is 4.39 Å². The Morgan fingerprint density at radius 3 is 2.81 bits per heavy atom. The number of hydrogen-bond acceptors (Lipinski definition) is 6. The minimum atomic E-state index is -0.319. The molecule has 0 bridgehead atoms. The Morgan fingerprint density at radius 1 is 1.08 bits per heavy atom. The van der Waals surface area contributed by atoms with E-state index < -0.39 is 0 Å². The van der Waals surface area contributed by atoms with Crippen molar-refractivity contribution in [2.45, 2.75) is 13.3 Å². The molecular formula is C19H25FN4O2. The normalized spacial score (nSPS) is 15.5. The predicted molar refractivity (Wildman–Crippen MR) is 98.4 cm³/mol. The third-order valence-electron chi connectivity index (χ3n) is 4.28. The number of nitrogens with zero attached hydrogens (tertiary/aromatic N) is 4. The number of rotatable bonds is 7. The number of aromatic nitrogens is 2. The Balaban J connectivity index is 1.49. The van der Waals surface area contributed by atoms with E-state index in [0.29, 0.717) is 30.8 Å². The fourth-order valence-electron chi connectivity index (χ4n) is 2.95. The van der Waals surface area contributed by atoms with Gasteiger partial charge in [0.2, 0.25) is 11.8 Å². The molecule has 1 aromatic heterocycles. The lowest BCUT2D eigenvalue weighted by Crippen LogP contribution is -2.34. The third-order valence-corrected chi connectivity index (χ3v) is 4.28. The summed E-state index contributed by atoms with van der Waals surface area (Å²) in [7, 11) is 0. The van der Waals surface area contributed by atoms with Crippen LogP contribution in [0.25, 0.3) is 0 Å². The first-order valence-electron chi connectivity index (χ1n) is 9.06. The Morgan fingerprint density at radius 2 is 1.96 bits per heavy atom. The first-order valence-corrected chi connectivity index (χ1v) is 9.06. The molecule has 2 heterocycles. The highest BCUT2D eigenvalue weighted by Gasteiger charge is 2.17. The largest absolute Gasteiger partial charge is 0.489 e. The Kier molecular flexibility index (Phi) is 6.60. The topological polar surface area (TPSA) is 50.7 Å². The lowest BCUT2D eigenvalue weighted by molar-refractivity contribution is 0.213. The van der Waals surface area contributed by atoms with Gasteiger partial charge in [0, 0.05) is 45.0 Å². The molecule has 1 fully saturated rings. The number of para-hydroxylation sites is 1. The van der Waals surface area contributed by atoms with Crippen molar-refractivity contribution in [2.75, 3.05) is 50.8 Å². The summed E-state index contributed by atoms with van der Waals surface area (Å²) in [5, 5.41) is 0. The van der Waals surface area contributed by atoms with Gasteiger partial charge in [0.25, 0.3) is 0 Å². The monoisotopic (exact) mass is 360 g/mol. The standard InChI is InChI=1S/C19H25FN4O2/c1-2-25-18-8-9-21-19(22-18)24-11-5-10-23(12-13-24)14-15-26-17-7-4-3-6-16(17)20/h3-4,6-9H,2,5,10-15H2,1H3. The summed E-state index contributed by atoms with van der Waals surface area (Å²) in [5.74, 6) is 1.31. The third kappa shape index (κ3) is 5.05. The highest BCUT2D eigenvalue weighted by Crippen LogP contribution is 2.16. The molecule has 0 aliphatic carbocycles. The highest BCUT2D eigenvalue weighted by atomic mass is 19.1. The van der Waals surface area contributed by atoms with Crippen LogP contribution in [0.1, 0.15) is 13.3 Å². The van der Waals surface area contributed by atoms with Crippen LogP contribution in [0.5, 0.6) is 11.6 Å². The molecule has 1 aromatic carbocycles. The van der Waals surface area contributed by atoms with Crippen molar-refractivity contribution in [3.8, 4) is 11.6 Å². The molecule has 0 amide bonds. The predicted octanol–water partition coefficient (Wildman–Crippen LogP) is 2.61. The van der Waals surface area contributed by atoms with Crippen LogP contribution in [0.2, 0.25) is 0 Å². The van der Waals surface area contributed by atoms with E-state index in [0.717, 1.165) is 39.1 Å². The Bertz CT molecular complexity index is 701. The van der Waals surface area contributed by atoms with E-state index >= 15 is 0 Å². The lowest BCUT2D eigenvalue weighted by atomic mass is 10.3. The summed E-state index contributed by atoms with van der Waals surface area (Å²) in [6, 6.07) is 8.28. The number of hydrogen-bond donors (Lipinski definition) is 0. The van der Waals surface area contributed by atoms with Crippen LogP contribution >= 0.6 is 0 Å². The zero-order valence-electron chi connectivity index (χ0n) is 15.1. The molecule has 1 saturated heterocycles. The van der Waals surface area contributed by atoms with Gasteiger partial charge in [0.15, 0.2) is 11.6 Å². The summed E-state index contributed by atoms with van der Waals surface area (Å²) in [5.41, 5.74) is 0. The van der Waals surface area contributed by atoms with Crippen molar-refractivity contribution in [1.82, 2.24) is 14.9 Å². The first kappa shape index (κ1) is 18.4. The van der Waals surface area contributed by atoms with E-state index in [-0.39, 0.29) is 5.82 Å². The van der Waals surface area contributed by atoms with Gasteiger partial charge in [0.1, 0.15) is 6.61 Å². The summed E-state index contributed by atoms with van der Waals surface area (Å²) >= 11 is 0. The molecule has 7 heteroatoms. The summed E-state index contributed by atoms with van der Waals surface area (Å²) in [6.45, 7) is 7.38. The van der Waals surface area contributed by atoms with Crippen LogP contribution in [0, 0.1) is 5.82 Å². The van der Waals surface area contributed by atoms with Crippen LogP contribution in [0.15, 0.2) is 36.5 Å². The van der Waals surface area contributed by atoms with Crippen molar-refractivity contribution < 1.29 is 13.9 Å². The number of benzene rings is 1. The van der Waals surface area contributed by atoms with Crippen LogP contribution in [0.3, 0.4) is 0 Å².